The summed E-state index contributed by atoms with van der Waals surface area (Å²) in [6.45, 7) is 1.54. The SMILES string of the molecule is C/C=C(\CC/C=C\COC(F)(F)F)C1=CCC=CC=C1. The molecule has 4 heteroatoms. The first-order valence-corrected chi connectivity index (χ1v) is 6.57. The highest BCUT2D eigenvalue weighted by molar-refractivity contribution is 5.42. The Hall–Kier alpha value is -1.55. The Bertz CT molecular complexity index is 437. The van der Waals surface area contributed by atoms with Gasteiger partial charge in [0.25, 0.3) is 0 Å². The van der Waals surface area contributed by atoms with Crippen molar-refractivity contribution in [2.24, 2.45) is 0 Å². The molecule has 1 aliphatic rings. The van der Waals surface area contributed by atoms with E-state index in [4.69, 9.17) is 0 Å². The zero-order chi connectivity index (χ0) is 14.8. The summed E-state index contributed by atoms with van der Waals surface area (Å²) in [5.74, 6) is 0. The average molecular weight is 284 g/mol. The Morgan fingerprint density at radius 3 is 2.80 bits per heavy atom. The van der Waals surface area contributed by atoms with E-state index in [-0.39, 0.29) is 0 Å². The molecule has 0 fully saturated rings. The predicted octanol–water partition coefficient (Wildman–Crippen LogP) is 5.25. The van der Waals surface area contributed by atoms with Crippen molar-refractivity contribution in [1.29, 1.82) is 0 Å². The molecule has 0 amide bonds. The molecule has 0 saturated carbocycles. The van der Waals surface area contributed by atoms with E-state index in [1.54, 1.807) is 6.08 Å². The monoisotopic (exact) mass is 284 g/mol. The van der Waals surface area contributed by atoms with Crippen molar-refractivity contribution in [3.05, 3.63) is 59.8 Å². The molecule has 0 spiro atoms. The molecule has 0 heterocycles. The topological polar surface area (TPSA) is 9.23 Å². The van der Waals surface area contributed by atoms with Gasteiger partial charge in [-0.2, -0.15) is 0 Å². The van der Waals surface area contributed by atoms with Gasteiger partial charge < -0.3 is 0 Å². The second kappa shape index (κ2) is 8.59. The molecule has 0 radical (unpaired) electrons. The highest BCUT2D eigenvalue weighted by atomic mass is 19.4. The van der Waals surface area contributed by atoms with Crippen molar-refractivity contribution in [2.75, 3.05) is 6.61 Å². The largest absolute Gasteiger partial charge is 0.522 e. The van der Waals surface area contributed by atoms with Crippen molar-refractivity contribution in [3.8, 4) is 0 Å². The van der Waals surface area contributed by atoms with Crippen LogP contribution in [0.15, 0.2) is 59.8 Å². The van der Waals surface area contributed by atoms with Crippen LogP contribution in [0.2, 0.25) is 0 Å². The second-order valence-electron chi connectivity index (χ2n) is 4.26. The molecular formula is C16H19F3O. The number of hydrogen-bond donors (Lipinski definition) is 0. The van der Waals surface area contributed by atoms with Crippen molar-refractivity contribution in [2.45, 2.75) is 32.5 Å². The summed E-state index contributed by atoms with van der Waals surface area (Å²) < 4.78 is 38.9. The fourth-order valence-electron chi connectivity index (χ4n) is 1.84. The van der Waals surface area contributed by atoms with Gasteiger partial charge in [0.15, 0.2) is 0 Å². The summed E-state index contributed by atoms with van der Waals surface area (Å²) in [6.07, 6.45) is 13.3. The van der Waals surface area contributed by atoms with Crippen molar-refractivity contribution >= 4 is 0 Å². The third-order valence-electron chi connectivity index (χ3n) is 2.81. The van der Waals surface area contributed by atoms with E-state index < -0.39 is 13.0 Å². The maximum absolute atomic E-state index is 11.7. The number of halogens is 3. The zero-order valence-electron chi connectivity index (χ0n) is 11.5. The minimum absolute atomic E-state index is 0.429. The predicted molar refractivity (Wildman–Crippen MR) is 75.1 cm³/mol. The molecular weight excluding hydrogens is 265 g/mol. The summed E-state index contributed by atoms with van der Waals surface area (Å²) in [6, 6.07) is 0. The normalized spacial score (nSPS) is 16.6. The molecule has 0 atom stereocenters. The molecule has 0 bridgehead atoms. The molecule has 0 aromatic rings. The number of hydrogen-bond acceptors (Lipinski definition) is 1. The molecule has 110 valence electrons. The Morgan fingerprint density at radius 1 is 1.30 bits per heavy atom. The first-order chi connectivity index (χ1) is 9.53. The van der Waals surface area contributed by atoms with Crippen LogP contribution in [0.1, 0.15) is 26.2 Å². The highest BCUT2D eigenvalue weighted by Crippen LogP contribution is 2.20. The van der Waals surface area contributed by atoms with Gasteiger partial charge in [0, 0.05) is 0 Å². The molecule has 0 aliphatic heterocycles. The van der Waals surface area contributed by atoms with Crippen molar-refractivity contribution in [3.63, 3.8) is 0 Å². The second-order valence-corrected chi connectivity index (χ2v) is 4.26. The summed E-state index contributed by atoms with van der Waals surface area (Å²) in [5, 5.41) is 0. The lowest BCUT2D eigenvalue weighted by Gasteiger charge is -2.07. The number of rotatable bonds is 6. The Kier molecular flexibility index (Phi) is 7.09. The summed E-state index contributed by atoms with van der Waals surface area (Å²) in [4.78, 5) is 0. The van der Waals surface area contributed by atoms with E-state index in [1.165, 1.54) is 17.2 Å². The van der Waals surface area contributed by atoms with E-state index >= 15 is 0 Å². The van der Waals surface area contributed by atoms with Crippen LogP contribution in [0.25, 0.3) is 0 Å². The number of alkyl halides is 3. The smallest absolute Gasteiger partial charge is 0.288 e. The molecule has 0 unspecified atom stereocenters. The molecule has 0 N–H and O–H groups in total. The van der Waals surface area contributed by atoms with Gasteiger partial charge in [-0.25, -0.2) is 0 Å². The first kappa shape index (κ1) is 16.5. The Labute approximate surface area is 117 Å². The van der Waals surface area contributed by atoms with Crippen LogP contribution in [0, 0.1) is 0 Å². The summed E-state index contributed by atoms with van der Waals surface area (Å²) in [7, 11) is 0. The lowest BCUT2D eigenvalue weighted by Crippen LogP contribution is -2.12. The number of allylic oxidation sites excluding steroid dienone is 9. The van der Waals surface area contributed by atoms with Crippen molar-refractivity contribution < 1.29 is 17.9 Å². The Balaban J connectivity index is 2.36. The van der Waals surface area contributed by atoms with Crippen LogP contribution < -0.4 is 0 Å². The molecule has 1 rings (SSSR count). The minimum atomic E-state index is -4.55. The third kappa shape index (κ3) is 7.14. The molecule has 1 nitrogen and oxygen atoms in total. The summed E-state index contributed by atoms with van der Waals surface area (Å²) in [5.41, 5.74) is 2.38. The van der Waals surface area contributed by atoms with Crippen LogP contribution in [-0.4, -0.2) is 13.0 Å². The van der Waals surface area contributed by atoms with Gasteiger partial charge in [-0.05, 0) is 37.3 Å². The van der Waals surface area contributed by atoms with E-state index in [2.05, 4.69) is 23.0 Å². The van der Waals surface area contributed by atoms with Crippen LogP contribution in [0.4, 0.5) is 13.2 Å². The maximum Gasteiger partial charge on any atom is 0.522 e. The van der Waals surface area contributed by atoms with Gasteiger partial charge in [-0.3, -0.25) is 4.74 Å². The maximum atomic E-state index is 11.7. The molecule has 0 aromatic heterocycles. The first-order valence-electron chi connectivity index (χ1n) is 6.57. The Morgan fingerprint density at radius 2 is 2.10 bits per heavy atom. The standard InChI is InChI=1S/C16H19F3O/c1-2-14(15-11-6-3-4-7-12-15)10-8-5-9-13-20-16(17,18)19/h2-6,9,11-12H,7-8,10,13H2,1H3/b9-5-,14-2+. The molecule has 1 aliphatic carbocycles. The highest BCUT2D eigenvalue weighted by Gasteiger charge is 2.27. The van der Waals surface area contributed by atoms with Crippen LogP contribution in [0.3, 0.4) is 0 Å². The van der Waals surface area contributed by atoms with E-state index in [9.17, 15) is 13.2 Å². The molecule has 0 aromatic carbocycles. The quantitative estimate of drug-likeness (QED) is 0.605. The van der Waals surface area contributed by atoms with Gasteiger partial charge >= 0.3 is 6.36 Å². The van der Waals surface area contributed by atoms with Gasteiger partial charge in [-0.15, -0.1) is 13.2 Å². The van der Waals surface area contributed by atoms with Gasteiger partial charge in [-0.1, -0.05) is 48.6 Å². The van der Waals surface area contributed by atoms with Gasteiger partial charge in [0.05, 0.1) is 6.61 Å². The van der Waals surface area contributed by atoms with E-state index in [1.807, 2.05) is 25.2 Å². The fourth-order valence-corrected chi connectivity index (χ4v) is 1.84. The van der Waals surface area contributed by atoms with Crippen LogP contribution in [0.5, 0.6) is 0 Å². The van der Waals surface area contributed by atoms with E-state index in [0.29, 0.717) is 6.42 Å². The average Bonchev–Trinajstić information content (AvgIpc) is 2.65. The minimum Gasteiger partial charge on any atom is -0.288 e. The van der Waals surface area contributed by atoms with Crippen molar-refractivity contribution in [1.82, 2.24) is 0 Å². The zero-order valence-corrected chi connectivity index (χ0v) is 11.5. The van der Waals surface area contributed by atoms with Crippen LogP contribution in [-0.2, 0) is 4.74 Å². The lowest BCUT2D eigenvalue weighted by molar-refractivity contribution is -0.319. The number of ether oxygens (including phenoxy) is 1. The third-order valence-corrected chi connectivity index (χ3v) is 2.81. The fraction of sp³-hybridized carbons (Fsp3) is 0.375. The molecule has 20 heavy (non-hydrogen) atoms. The summed E-state index contributed by atoms with van der Waals surface area (Å²) >= 11 is 0. The van der Waals surface area contributed by atoms with Gasteiger partial charge in [0.2, 0.25) is 0 Å². The lowest BCUT2D eigenvalue weighted by atomic mass is 10.00. The van der Waals surface area contributed by atoms with E-state index in [0.717, 1.165) is 12.8 Å². The van der Waals surface area contributed by atoms with Crippen LogP contribution >= 0.6 is 0 Å². The molecule has 0 saturated heterocycles. The van der Waals surface area contributed by atoms with Gasteiger partial charge in [0.1, 0.15) is 0 Å².